The molecule has 0 saturated carbocycles. The van der Waals surface area contributed by atoms with E-state index in [1.807, 2.05) is 48.9 Å². The van der Waals surface area contributed by atoms with Gasteiger partial charge in [-0.05, 0) is 68.0 Å². The van der Waals surface area contributed by atoms with Gasteiger partial charge in [-0.15, -0.1) is 0 Å². The first-order chi connectivity index (χ1) is 17.6. The zero-order valence-electron chi connectivity index (χ0n) is 21.0. The number of alkyl halides is 3. The van der Waals surface area contributed by atoms with Gasteiger partial charge in [0.05, 0.1) is 17.7 Å². The van der Waals surface area contributed by atoms with Gasteiger partial charge in [-0.1, -0.05) is 30.3 Å². The van der Waals surface area contributed by atoms with Gasteiger partial charge in [-0.25, -0.2) is 0 Å². The maximum atomic E-state index is 12.9. The molecule has 3 aromatic rings. The lowest BCUT2D eigenvalue weighted by atomic mass is 9.89. The van der Waals surface area contributed by atoms with E-state index in [4.69, 9.17) is 0 Å². The Morgan fingerprint density at radius 3 is 2.35 bits per heavy atom. The highest BCUT2D eigenvalue weighted by molar-refractivity contribution is 5.90. The molecule has 2 aromatic carbocycles. The number of piperidine rings is 1. The predicted molar refractivity (Wildman–Crippen MR) is 135 cm³/mol. The molecule has 4 rings (SSSR count). The molecule has 37 heavy (non-hydrogen) atoms. The smallest absolute Gasteiger partial charge is 0.342 e. The molecular formula is C28H31F3N4O2. The summed E-state index contributed by atoms with van der Waals surface area (Å²) in [6.07, 6.45) is -2.57. The van der Waals surface area contributed by atoms with Crippen LogP contribution in [0.1, 0.15) is 53.3 Å². The topological polar surface area (TPSA) is 67.2 Å². The fraction of sp³-hybridized carbons (Fsp3) is 0.393. The Labute approximate surface area is 214 Å². The highest BCUT2D eigenvalue weighted by Gasteiger charge is 2.31. The second kappa shape index (κ2) is 11.2. The van der Waals surface area contributed by atoms with E-state index in [1.165, 1.54) is 6.07 Å². The zero-order valence-corrected chi connectivity index (χ0v) is 21.0. The molecule has 9 heteroatoms. The summed E-state index contributed by atoms with van der Waals surface area (Å²) >= 11 is 0. The Morgan fingerprint density at radius 2 is 1.73 bits per heavy atom. The van der Waals surface area contributed by atoms with E-state index in [1.54, 1.807) is 11.0 Å². The SMILES string of the molecule is Cc1cc(C)n(CCC(=O)Nc2ccc(C3CCN(C(=O)Cc4cccc(C(F)(F)F)c4)CC3)cc2)n1. The molecule has 0 atom stereocenters. The maximum Gasteiger partial charge on any atom is 0.416 e. The average Bonchev–Trinajstić information content (AvgIpc) is 3.19. The van der Waals surface area contributed by atoms with Crippen LogP contribution in [0.3, 0.4) is 0 Å². The van der Waals surface area contributed by atoms with Crippen LogP contribution in [0.5, 0.6) is 0 Å². The summed E-state index contributed by atoms with van der Waals surface area (Å²) in [5.41, 5.74) is 3.47. The van der Waals surface area contributed by atoms with E-state index >= 15 is 0 Å². The molecule has 1 N–H and O–H groups in total. The third-order valence-corrected chi connectivity index (χ3v) is 6.78. The summed E-state index contributed by atoms with van der Waals surface area (Å²) in [7, 11) is 0. The zero-order chi connectivity index (χ0) is 26.6. The van der Waals surface area contributed by atoms with Crippen molar-refractivity contribution >= 4 is 17.5 Å². The first-order valence-corrected chi connectivity index (χ1v) is 12.4. The molecule has 2 heterocycles. The number of likely N-dealkylation sites (tertiary alicyclic amines) is 1. The van der Waals surface area contributed by atoms with Gasteiger partial charge in [0.15, 0.2) is 0 Å². The Bertz CT molecular complexity index is 1240. The standard InChI is InChI=1S/C28H31F3N4O2/c1-19-16-20(2)35(33-19)15-12-26(36)32-25-8-6-22(7-9-25)23-10-13-34(14-11-23)27(37)18-21-4-3-5-24(17-21)28(29,30)31/h3-9,16-17,23H,10-15,18H2,1-2H3,(H,32,36). The lowest BCUT2D eigenvalue weighted by Crippen LogP contribution is -2.38. The summed E-state index contributed by atoms with van der Waals surface area (Å²) in [6, 6.07) is 14.7. The van der Waals surface area contributed by atoms with Gasteiger partial charge in [0.2, 0.25) is 11.8 Å². The summed E-state index contributed by atoms with van der Waals surface area (Å²) in [5.74, 6) is 0.0533. The highest BCUT2D eigenvalue weighted by atomic mass is 19.4. The number of anilines is 1. The molecule has 0 spiro atoms. The second-order valence-electron chi connectivity index (χ2n) is 9.60. The Kier molecular flexibility index (Phi) is 8.00. The van der Waals surface area contributed by atoms with Crippen molar-refractivity contribution in [1.29, 1.82) is 0 Å². The van der Waals surface area contributed by atoms with Crippen molar-refractivity contribution in [2.45, 2.75) is 58.2 Å². The molecule has 0 radical (unpaired) electrons. The second-order valence-corrected chi connectivity index (χ2v) is 9.60. The van der Waals surface area contributed by atoms with Crippen molar-refractivity contribution in [3.8, 4) is 0 Å². The molecule has 1 fully saturated rings. The van der Waals surface area contributed by atoms with E-state index < -0.39 is 11.7 Å². The lowest BCUT2D eigenvalue weighted by Gasteiger charge is -2.32. The maximum absolute atomic E-state index is 12.9. The molecule has 6 nitrogen and oxygen atoms in total. The van der Waals surface area contributed by atoms with Crippen LogP contribution in [0.25, 0.3) is 0 Å². The number of amides is 2. The normalized spacial score (nSPS) is 14.6. The fourth-order valence-corrected chi connectivity index (χ4v) is 4.78. The first-order valence-electron chi connectivity index (χ1n) is 12.4. The summed E-state index contributed by atoms with van der Waals surface area (Å²) in [4.78, 5) is 26.8. The Morgan fingerprint density at radius 1 is 1.03 bits per heavy atom. The molecule has 1 aromatic heterocycles. The molecule has 2 amide bonds. The van der Waals surface area contributed by atoms with Crippen molar-refractivity contribution in [3.63, 3.8) is 0 Å². The fourth-order valence-electron chi connectivity index (χ4n) is 4.78. The number of carbonyl (C=O) groups is 2. The van der Waals surface area contributed by atoms with Gasteiger partial charge < -0.3 is 10.2 Å². The third kappa shape index (κ3) is 6.99. The van der Waals surface area contributed by atoms with Crippen molar-refractivity contribution in [2.75, 3.05) is 18.4 Å². The molecule has 0 aliphatic carbocycles. The number of aromatic nitrogens is 2. The number of aryl methyl sites for hydroxylation is 3. The van der Waals surface area contributed by atoms with Crippen molar-refractivity contribution in [1.82, 2.24) is 14.7 Å². The number of nitrogens with zero attached hydrogens (tertiary/aromatic N) is 3. The monoisotopic (exact) mass is 512 g/mol. The first kappa shape index (κ1) is 26.4. The van der Waals surface area contributed by atoms with E-state index in [9.17, 15) is 22.8 Å². The van der Waals surface area contributed by atoms with Crippen LogP contribution < -0.4 is 5.32 Å². The van der Waals surface area contributed by atoms with Gasteiger partial charge in [0.1, 0.15) is 0 Å². The Hall–Kier alpha value is -3.62. The van der Waals surface area contributed by atoms with Crippen LogP contribution in [0.15, 0.2) is 54.6 Å². The lowest BCUT2D eigenvalue weighted by molar-refractivity contribution is -0.138. The minimum absolute atomic E-state index is 0.0391. The van der Waals surface area contributed by atoms with E-state index in [0.29, 0.717) is 31.6 Å². The number of hydrogen-bond acceptors (Lipinski definition) is 3. The number of hydrogen-bond donors (Lipinski definition) is 1. The molecule has 196 valence electrons. The van der Waals surface area contributed by atoms with Crippen LogP contribution in [0, 0.1) is 13.8 Å². The minimum atomic E-state index is -4.42. The van der Waals surface area contributed by atoms with E-state index in [2.05, 4.69) is 10.4 Å². The van der Waals surface area contributed by atoms with Gasteiger partial charge in [0, 0.05) is 37.4 Å². The number of nitrogens with one attached hydrogen (secondary N) is 1. The largest absolute Gasteiger partial charge is 0.416 e. The van der Waals surface area contributed by atoms with E-state index in [-0.39, 0.29) is 24.2 Å². The van der Waals surface area contributed by atoms with Gasteiger partial charge in [-0.3, -0.25) is 14.3 Å². The minimum Gasteiger partial charge on any atom is -0.342 e. The van der Waals surface area contributed by atoms with Crippen molar-refractivity contribution in [2.24, 2.45) is 0 Å². The van der Waals surface area contributed by atoms with Gasteiger partial charge in [0.25, 0.3) is 0 Å². The molecule has 0 bridgehead atoms. The number of carbonyl (C=O) groups excluding carboxylic acids is 2. The van der Waals surface area contributed by atoms with Gasteiger partial charge >= 0.3 is 6.18 Å². The number of rotatable bonds is 7. The molecule has 0 unspecified atom stereocenters. The van der Waals surface area contributed by atoms with Crippen LogP contribution in [0.4, 0.5) is 18.9 Å². The van der Waals surface area contributed by atoms with Crippen molar-refractivity contribution in [3.05, 3.63) is 82.7 Å². The van der Waals surface area contributed by atoms with E-state index in [0.717, 1.165) is 47.6 Å². The van der Waals surface area contributed by atoms with Gasteiger partial charge in [-0.2, -0.15) is 18.3 Å². The summed E-state index contributed by atoms with van der Waals surface area (Å²) in [5, 5.41) is 7.30. The summed E-state index contributed by atoms with van der Waals surface area (Å²) < 4.78 is 40.7. The third-order valence-electron chi connectivity index (χ3n) is 6.78. The quantitative estimate of drug-likeness (QED) is 0.455. The van der Waals surface area contributed by atoms with Crippen LogP contribution in [-0.2, 0) is 28.7 Å². The van der Waals surface area contributed by atoms with Crippen molar-refractivity contribution < 1.29 is 22.8 Å². The van der Waals surface area contributed by atoms with Crippen LogP contribution in [-0.4, -0.2) is 39.6 Å². The predicted octanol–water partition coefficient (Wildman–Crippen LogP) is 5.50. The Balaban J connectivity index is 1.24. The average molecular weight is 513 g/mol. The molecule has 1 saturated heterocycles. The molecule has 1 aliphatic heterocycles. The highest BCUT2D eigenvalue weighted by Crippen LogP contribution is 2.31. The number of benzene rings is 2. The summed E-state index contributed by atoms with van der Waals surface area (Å²) in [6.45, 7) is 5.54. The van der Waals surface area contributed by atoms with Crippen LogP contribution >= 0.6 is 0 Å². The number of halogens is 3. The molecule has 1 aliphatic rings. The molecular weight excluding hydrogens is 481 g/mol. The van der Waals surface area contributed by atoms with Crippen LogP contribution in [0.2, 0.25) is 0 Å².